The summed E-state index contributed by atoms with van der Waals surface area (Å²) in [5, 5.41) is 0. The summed E-state index contributed by atoms with van der Waals surface area (Å²) < 4.78 is 6.24. The molecule has 2 rings (SSSR count). The van der Waals surface area contributed by atoms with Gasteiger partial charge in [0.05, 0.1) is 12.2 Å². The molecule has 3 heteroatoms. The van der Waals surface area contributed by atoms with Gasteiger partial charge < -0.3 is 15.4 Å². The van der Waals surface area contributed by atoms with Gasteiger partial charge in [0, 0.05) is 18.6 Å². The Balaban J connectivity index is 1.86. The average molecular weight is 240 g/mol. The van der Waals surface area contributed by atoms with Gasteiger partial charge in [-0.25, -0.2) is 0 Å². The lowest BCUT2D eigenvalue weighted by molar-refractivity contribution is -0.0622. The van der Waals surface area contributed by atoms with Gasteiger partial charge in [-0.3, -0.25) is 0 Å². The highest BCUT2D eigenvalue weighted by molar-refractivity contribution is 4.89. The van der Waals surface area contributed by atoms with Crippen LogP contribution in [-0.4, -0.2) is 42.8 Å². The fourth-order valence-corrected chi connectivity index (χ4v) is 3.32. The third-order valence-corrected chi connectivity index (χ3v) is 4.40. The molecule has 2 fully saturated rings. The van der Waals surface area contributed by atoms with E-state index in [1.165, 1.54) is 38.5 Å². The molecule has 1 aliphatic carbocycles. The number of nitrogens with two attached hydrogens (primary N) is 1. The first-order chi connectivity index (χ1) is 8.20. The van der Waals surface area contributed by atoms with Gasteiger partial charge in [0.25, 0.3) is 0 Å². The molecular weight excluding hydrogens is 212 g/mol. The normalized spacial score (nSPS) is 36.5. The Bertz CT molecular complexity index is 228. The van der Waals surface area contributed by atoms with E-state index >= 15 is 0 Å². The minimum Gasteiger partial charge on any atom is -0.373 e. The van der Waals surface area contributed by atoms with Crippen LogP contribution >= 0.6 is 0 Å². The maximum absolute atomic E-state index is 6.24. The molecule has 0 spiro atoms. The van der Waals surface area contributed by atoms with Gasteiger partial charge in [0.15, 0.2) is 0 Å². The van der Waals surface area contributed by atoms with Crippen molar-refractivity contribution in [1.29, 1.82) is 0 Å². The van der Waals surface area contributed by atoms with Crippen LogP contribution in [-0.2, 0) is 4.74 Å². The van der Waals surface area contributed by atoms with E-state index in [0.717, 1.165) is 13.0 Å². The molecule has 3 nitrogen and oxygen atoms in total. The number of rotatable bonds is 4. The predicted molar refractivity (Wildman–Crippen MR) is 71.0 cm³/mol. The smallest absolute Gasteiger partial charge is 0.0757 e. The lowest BCUT2D eigenvalue weighted by atomic mass is 9.93. The van der Waals surface area contributed by atoms with Gasteiger partial charge in [-0.15, -0.1) is 0 Å². The van der Waals surface area contributed by atoms with Gasteiger partial charge in [0.2, 0.25) is 0 Å². The second kappa shape index (κ2) is 6.17. The molecule has 1 saturated carbocycles. The van der Waals surface area contributed by atoms with E-state index < -0.39 is 0 Å². The minimum atomic E-state index is 0.203. The topological polar surface area (TPSA) is 38.5 Å². The fraction of sp³-hybridized carbons (Fsp3) is 1.00. The van der Waals surface area contributed by atoms with E-state index in [4.69, 9.17) is 10.5 Å². The van der Waals surface area contributed by atoms with Crippen molar-refractivity contribution in [3.05, 3.63) is 0 Å². The Kier molecular flexibility index (Phi) is 4.83. The highest BCUT2D eigenvalue weighted by atomic mass is 16.5. The Morgan fingerprint density at radius 2 is 2.00 bits per heavy atom. The molecule has 0 aromatic rings. The molecule has 0 aromatic carbocycles. The minimum absolute atomic E-state index is 0.203. The van der Waals surface area contributed by atoms with E-state index in [1.807, 2.05) is 0 Å². The summed E-state index contributed by atoms with van der Waals surface area (Å²) in [4.78, 5) is 2.42. The third-order valence-electron chi connectivity index (χ3n) is 4.40. The second-order valence-electron chi connectivity index (χ2n) is 5.86. The zero-order valence-electron chi connectivity index (χ0n) is 11.4. The van der Waals surface area contributed by atoms with Gasteiger partial charge in [0.1, 0.15) is 0 Å². The van der Waals surface area contributed by atoms with Crippen LogP contribution in [0.15, 0.2) is 0 Å². The molecule has 1 aliphatic heterocycles. The molecule has 1 heterocycles. The van der Waals surface area contributed by atoms with Gasteiger partial charge >= 0.3 is 0 Å². The largest absolute Gasteiger partial charge is 0.373 e. The van der Waals surface area contributed by atoms with Crippen LogP contribution in [0.5, 0.6) is 0 Å². The number of likely N-dealkylation sites (N-methyl/N-ethyl adjacent to an activating group) is 1. The van der Waals surface area contributed by atoms with Crippen molar-refractivity contribution in [2.24, 2.45) is 5.73 Å². The first kappa shape index (κ1) is 13.3. The van der Waals surface area contributed by atoms with E-state index in [-0.39, 0.29) is 6.04 Å². The maximum atomic E-state index is 6.24. The summed E-state index contributed by atoms with van der Waals surface area (Å²) in [7, 11) is 2.20. The number of likely N-dealkylation sites (tertiary alicyclic amines) is 1. The van der Waals surface area contributed by atoms with E-state index in [2.05, 4.69) is 18.9 Å². The van der Waals surface area contributed by atoms with Crippen molar-refractivity contribution in [2.75, 3.05) is 13.6 Å². The fourth-order valence-electron chi connectivity index (χ4n) is 3.32. The summed E-state index contributed by atoms with van der Waals surface area (Å²) in [5.74, 6) is 0. The third kappa shape index (κ3) is 3.43. The van der Waals surface area contributed by atoms with Crippen LogP contribution in [0.1, 0.15) is 51.9 Å². The highest BCUT2D eigenvalue weighted by Gasteiger charge is 2.33. The Labute approximate surface area is 106 Å². The molecule has 0 aromatic heterocycles. The summed E-state index contributed by atoms with van der Waals surface area (Å²) in [5.41, 5.74) is 6.24. The molecular formula is C14H28N2O. The van der Waals surface area contributed by atoms with Crippen LogP contribution in [0, 0.1) is 0 Å². The van der Waals surface area contributed by atoms with Crippen molar-refractivity contribution in [2.45, 2.75) is 76.2 Å². The Morgan fingerprint density at radius 3 is 2.65 bits per heavy atom. The van der Waals surface area contributed by atoms with Gasteiger partial charge in [-0.1, -0.05) is 26.2 Å². The predicted octanol–water partition coefficient (Wildman–Crippen LogP) is 2.15. The summed E-state index contributed by atoms with van der Waals surface area (Å²) in [6.45, 7) is 3.25. The van der Waals surface area contributed by atoms with E-state index in [1.54, 1.807) is 0 Å². The average Bonchev–Trinajstić information content (AvgIpc) is 2.78. The number of hydrogen-bond donors (Lipinski definition) is 1. The van der Waals surface area contributed by atoms with Crippen LogP contribution in [0.25, 0.3) is 0 Å². The molecule has 3 unspecified atom stereocenters. The zero-order chi connectivity index (χ0) is 12.3. The molecule has 0 bridgehead atoms. The van der Waals surface area contributed by atoms with E-state index in [0.29, 0.717) is 18.2 Å². The monoisotopic (exact) mass is 240 g/mol. The highest BCUT2D eigenvalue weighted by Crippen LogP contribution is 2.27. The van der Waals surface area contributed by atoms with Crippen molar-refractivity contribution >= 4 is 0 Å². The van der Waals surface area contributed by atoms with Gasteiger partial charge in [-0.2, -0.15) is 0 Å². The number of nitrogens with zero attached hydrogens (tertiary/aromatic N) is 1. The van der Waals surface area contributed by atoms with Crippen LogP contribution in [0.2, 0.25) is 0 Å². The molecule has 0 radical (unpaired) electrons. The van der Waals surface area contributed by atoms with Crippen molar-refractivity contribution in [3.63, 3.8) is 0 Å². The Hall–Kier alpha value is -0.120. The molecule has 17 heavy (non-hydrogen) atoms. The number of ether oxygens (including phenoxy) is 1. The Morgan fingerprint density at radius 1 is 1.29 bits per heavy atom. The number of hydrogen-bond acceptors (Lipinski definition) is 3. The zero-order valence-corrected chi connectivity index (χ0v) is 11.4. The van der Waals surface area contributed by atoms with Gasteiger partial charge in [-0.05, 0) is 32.7 Å². The first-order valence-electron chi connectivity index (χ1n) is 7.32. The number of piperidine rings is 1. The lowest BCUT2D eigenvalue weighted by Gasteiger charge is -2.41. The van der Waals surface area contributed by atoms with Crippen molar-refractivity contribution < 1.29 is 4.74 Å². The molecule has 2 aliphatic rings. The van der Waals surface area contributed by atoms with E-state index in [9.17, 15) is 0 Å². The van der Waals surface area contributed by atoms with Crippen molar-refractivity contribution in [1.82, 2.24) is 4.90 Å². The first-order valence-corrected chi connectivity index (χ1v) is 7.32. The van der Waals surface area contributed by atoms with Crippen LogP contribution in [0.4, 0.5) is 0 Å². The summed E-state index contributed by atoms with van der Waals surface area (Å²) >= 11 is 0. The molecule has 0 amide bonds. The standard InChI is InChI=1S/C14H28N2O/c1-3-6-11-9-14(13(15)10-16(11)2)17-12-7-4-5-8-12/h11-14H,3-10,15H2,1-2H3. The lowest BCUT2D eigenvalue weighted by Crippen LogP contribution is -2.55. The molecule has 1 saturated heterocycles. The SMILES string of the molecule is CCCC1CC(OC2CCCC2)C(N)CN1C. The second-order valence-corrected chi connectivity index (χ2v) is 5.86. The van der Waals surface area contributed by atoms with Crippen LogP contribution < -0.4 is 5.73 Å². The van der Waals surface area contributed by atoms with Crippen LogP contribution in [0.3, 0.4) is 0 Å². The maximum Gasteiger partial charge on any atom is 0.0757 e. The quantitative estimate of drug-likeness (QED) is 0.818. The molecule has 2 N–H and O–H groups in total. The summed E-state index contributed by atoms with van der Waals surface area (Å²) in [6.07, 6.45) is 9.61. The van der Waals surface area contributed by atoms with Crippen molar-refractivity contribution in [3.8, 4) is 0 Å². The molecule has 100 valence electrons. The molecule has 3 atom stereocenters. The summed E-state index contributed by atoms with van der Waals surface area (Å²) in [6, 6.07) is 0.875.